The van der Waals surface area contributed by atoms with Crippen molar-refractivity contribution >= 4 is 17.3 Å². The number of hydrogen-bond donors (Lipinski definition) is 1. The molecule has 96 valence electrons. The van der Waals surface area contributed by atoms with Gasteiger partial charge in [0.25, 0.3) is 0 Å². The lowest BCUT2D eigenvalue weighted by molar-refractivity contribution is 0.816. The molecule has 2 aromatic heterocycles. The third-order valence-corrected chi connectivity index (χ3v) is 3.29. The van der Waals surface area contributed by atoms with Crippen LogP contribution >= 0.6 is 11.3 Å². The van der Waals surface area contributed by atoms with Crippen molar-refractivity contribution in [3.8, 4) is 0 Å². The van der Waals surface area contributed by atoms with E-state index in [1.807, 2.05) is 5.51 Å². The van der Waals surface area contributed by atoms with Gasteiger partial charge in [0.15, 0.2) is 0 Å². The van der Waals surface area contributed by atoms with Gasteiger partial charge in [0.05, 0.1) is 22.6 Å². The Bertz CT molecular complexity index is 483. The number of hydrogen-bond acceptors (Lipinski definition) is 6. The first-order chi connectivity index (χ1) is 8.83. The van der Waals surface area contributed by atoms with Crippen LogP contribution in [0.5, 0.6) is 0 Å². The second-order valence-corrected chi connectivity index (χ2v) is 4.61. The molecule has 5 nitrogen and oxygen atoms in total. The topological polar surface area (TPSA) is 63.6 Å². The summed E-state index contributed by atoms with van der Waals surface area (Å²) >= 11 is 1.61. The molecule has 0 saturated carbocycles. The molecule has 0 aliphatic rings. The molecule has 0 bridgehead atoms. The van der Waals surface area contributed by atoms with Gasteiger partial charge in [-0.25, -0.2) is 9.97 Å². The van der Waals surface area contributed by atoms with Crippen molar-refractivity contribution in [1.82, 2.24) is 20.2 Å². The number of aryl methyl sites for hydroxylation is 2. The highest BCUT2D eigenvalue weighted by molar-refractivity contribution is 7.07. The van der Waals surface area contributed by atoms with Crippen LogP contribution in [0.1, 0.15) is 30.9 Å². The van der Waals surface area contributed by atoms with Crippen molar-refractivity contribution in [2.24, 2.45) is 0 Å². The molecule has 0 amide bonds. The number of nitrogens with one attached hydrogen (secondary N) is 1. The van der Waals surface area contributed by atoms with Crippen molar-refractivity contribution in [3.63, 3.8) is 0 Å². The molecular formula is C12H17N5S. The van der Waals surface area contributed by atoms with E-state index in [0.717, 1.165) is 42.9 Å². The normalized spacial score (nSPS) is 10.6. The molecule has 1 N–H and O–H groups in total. The fraction of sp³-hybridized carbons (Fsp3) is 0.500. The summed E-state index contributed by atoms with van der Waals surface area (Å²) in [7, 11) is 0. The second kappa shape index (κ2) is 6.39. The lowest BCUT2D eigenvalue weighted by atomic mass is 10.2. The summed E-state index contributed by atoms with van der Waals surface area (Å²) in [5, 5.41) is 13.5. The Morgan fingerprint density at radius 3 is 2.67 bits per heavy atom. The second-order valence-electron chi connectivity index (χ2n) is 3.89. The molecule has 2 rings (SSSR count). The van der Waals surface area contributed by atoms with E-state index in [2.05, 4.69) is 44.7 Å². The van der Waals surface area contributed by atoms with Gasteiger partial charge in [-0.15, -0.1) is 16.4 Å². The maximum absolute atomic E-state index is 4.48. The minimum atomic E-state index is 0.610. The van der Waals surface area contributed by atoms with Crippen LogP contribution < -0.4 is 5.32 Å². The highest BCUT2D eigenvalue weighted by atomic mass is 32.1. The van der Waals surface area contributed by atoms with E-state index in [4.69, 9.17) is 0 Å². The first-order valence-corrected chi connectivity index (χ1v) is 7.11. The molecule has 0 fully saturated rings. The molecule has 2 aromatic rings. The number of thiazole rings is 1. The fourth-order valence-electron chi connectivity index (χ4n) is 1.68. The van der Waals surface area contributed by atoms with Gasteiger partial charge >= 0.3 is 0 Å². The van der Waals surface area contributed by atoms with Gasteiger partial charge in [-0.3, -0.25) is 0 Å². The van der Waals surface area contributed by atoms with Gasteiger partial charge in [0, 0.05) is 18.3 Å². The van der Waals surface area contributed by atoms with Gasteiger partial charge < -0.3 is 5.32 Å². The minimum absolute atomic E-state index is 0.610. The number of rotatable bonds is 6. The quantitative estimate of drug-likeness (QED) is 0.864. The third kappa shape index (κ3) is 3.22. The molecule has 18 heavy (non-hydrogen) atoms. The summed E-state index contributed by atoms with van der Waals surface area (Å²) < 4.78 is 0. The molecule has 0 saturated heterocycles. The summed E-state index contributed by atoms with van der Waals surface area (Å²) in [4.78, 5) is 8.71. The molecule has 0 unspecified atom stereocenters. The van der Waals surface area contributed by atoms with E-state index >= 15 is 0 Å². The van der Waals surface area contributed by atoms with Gasteiger partial charge in [-0.2, -0.15) is 5.10 Å². The van der Waals surface area contributed by atoms with Crippen LogP contribution in [0, 0.1) is 0 Å². The Morgan fingerprint density at radius 1 is 1.17 bits per heavy atom. The van der Waals surface area contributed by atoms with Crippen molar-refractivity contribution in [2.75, 3.05) is 11.9 Å². The molecule has 0 radical (unpaired) electrons. The number of anilines is 1. The van der Waals surface area contributed by atoms with Crippen LogP contribution in [0.2, 0.25) is 0 Å². The smallest absolute Gasteiger partial charge is 0.242 e. The van der Waals surface area contributed by atoms with Crippen LogP contribution in [-0.2, 0) is 19.3 Å². The fourth-order valence-corrected chi connectivity index (χ4v) is 2.27. The van der Waals surface area contributed by atoms with Gasteiger partial charge in [0.2, 0.25) is 5.95 Å². The van der Waals surface area contributed by atoms with E-state index in [9.17, 15) is 0 Å². The van der Waals surface area contributed by atoms with E-state index in [1.165, 1.54) is 0 Å². The van der Waals surface area contributed by atoms with Gasteiger partial charge in [0.1, 0.15) is 0 Å². The molecule has 2 heterocycles. The van der Waals surface area contributed by atoms with Crippen molar-refractivity contribution in [1.29, 1.82) is 0 Å². The Labute approximate surface area is 111 Å². The van der Waals surface area contributed by atoms with Crippen LogP contribution in [0.25, 0.3) is 0 Å². The summed E-state index contributed by atoms with van der Waals surface area (Å²) in [5.41, 5.74) is 4.96. The van der Waals surface area contributed by atoms with E-state index in [1.54, 1.807) is 11.3 Å². The summed E-state index contributed by atoms with van der Waals surface area (Å²) in [6.07, 6.45) is 2.64. The average molecular weight is 263 g/mol. The number of aromatic nitrogens is 4. The lowest BCUT2D eigenvalue weighted by Gasteiger charge is -2.07. The molecule has 0 aliphatic carbocycles. The zero-order valence-corrected chi connectivity index (χ0v) is 11.5. The molecule has 6 heteroatoms. The zero-order valence-electron chi connectivity index (χ0n) is 10.7. The average Bonchev–Trinajstić information content (AvgIpc) is 2.91. The molecule has 0 spiro atoms. The summed E-state index contributed by atoms with van der Waals surface area (Å²) in [6.45, 7) is 4.93. The first-order valence-electron chi connectivity index (χ1n) is 6.16. The standard InChI is InChI=1S/C12H17N5S/c1-3-10-11(4-2)16-17-12(15-10)13-6-5-9-7-18-8-14-9/h7-8H,3-6H2,1-2H3,(H,13,15,17). The highest BCUT2D eigenvalue weighted by Gasteiger charge is 2.05. The van der Waals surface area contributed by atoms with E-state index < -0.39 is 0 Å². The van der Waals surface area contributed by atoms with Crippen molar-refractivity contribution < 1.29 is 0 Å². The minimum Gasteiger partial charge on any atom is -0.353 e. The number of nitrogens with zero attached hydrogens (tertiary/aromatic N) is 4. The van der Waals surface area contributed by atoms with Crippen LogP contribution in [-0.4, -0.2) is 26.7 Å². The summed E-state index contributed by atoms with van der Waals surface area (Å²) in [6, 6.07) is 0. The third-order valence-electron chi connectivity index (χ3n) is 2.66. The molecule has 0 atom stereocenters. The summed E-state index contributed by atoms with van der Waals surface area (Å²) in [5.74, 6) is 0.610. The monoisotopic (exact) mass is 263 g/mol. The van der Waals surface area contributed by atoms with Crippen LogP contribution in [0.15, 0.2) is 10.9 Å². The van der Waals surface area contributed by atoms with Gasteiger partial charge in [-0.05, 0) is 12.8 Å². The molecular weight excluding hydrogens is 246 g/mol. The van der Waals surface area contributed by atoms with Crippen molar-refractivity contribution in [3.05, 3.63) is 28.0 Å². The Balaban J connectivity index is 1.93. The van der Waals surface area contributed by atoms with Crippen LogP contribution in [0.4, 0.5) is 5.95 Å². The SMILES string of the molecule is CCc1nnc(NCCc2cscn2)nc1CC. The predicted molar refractivity (Wildman–Crippen MR) is 72.9 cm³/mol. The Hall–Kier alpha value is -1.56. The Morgan fingerprint density at radius 2 is 2.00 bits per heavy atom. The van der Waals surface area contributed by atoms with E-state index in [0.29, 0.717) is 5.95 Å². The Kier molecular flexibility index (Phi) is 4.58. The maximum Gasteiger partial charge on any atom is 0.242 e. The van der Waals surface area contributed by atoms with E-state index in [-0.39, 0.29) is 0 Å². The van der Waals surface area contributed by atoms with Crippen molar-refractivity contribution in [2.45, 2.75) is 33.1 Å². The molecule has 0 aromatic carbocycles. The van der Waals surface area contributed by atoms with Gasteiger partial charge in [-0.1, -0.05) is 13.8 Å². The lowest BCUT2D eigenvalue weighted by Crippen LogP contribution is -2.12. The first kappa shape index (κ1) is 12.9. The predicted octanol–water partition coefficient (Wildman–Crippen LogP) is 2.11. The largest absolute Gasteiger partial charge is 0.353 e. The maximum atomic E-state index is 4.48. The highest BCUT2D eigenvalue weighted by Crippen LogP contribution is 2.07. The van der Waals surface area contributed by atoms with Crippen LogP contribution in [0.3, 0.4) is 0 Å². The zero-order chi connectivity index (χ0) is 12.8. The molecule has 0 aliphatic heterocycles.